The van der Waals surface area contributed by atoms with Crippen molar-refractivity contribution in [1.82, 2.24) is 4.31 Å². The number of rotatable bonds is 9. The van der Waals surface area contributed by atoms with E-state index < -0.39 is 10.0 Å². The van der Waals surface area contributed by atoms with E-state index in [0.717, 1.165) is 5.56 Å². The SMILES string of the molecule is C=CCN(C(=O)c1ccc(OC)c(S(=O)(=O)N(C)Cc2ccccc2)c1)c1ccccc1. The number of benzene rings is 3. The highest BCUT2D eigenvalue weighted by atomic mass is 32.2. The van der Waals surface area contributed by atoms with Crippen molar-refractivity contribution < 1.29 is 17.9 Å². The number of sulfonamides is 1. The summed E-state index contributed by atoms with van der Waals surface area (Å²) in [5.41, 5.74) is 1.79. The maximum atomic E-state index is 13.4. The van der Waals surface area contributed by atoms with Crippen molar-refractivity contribution >= 4 is 21.6 Å². The molecule has 0 N–H and O–H groups in total. The van der Waals surface area contributed by atoms with Crippen LogP contribution in [-0.4, -0.2) is 39.3 Å². The van der Waals surface area contributed by atoms with Gasteiger partial charge in [0.1, 0.15) is 10.6 Å². The van der Waals surface area contributed by atoms with Gasteiger partial charge in [-0.15, -0.1) is 6.58 Å². The molecule has 32 heavy (non-hydrogen) atoms. The Balaban J connectivity index is 1.98. The third-order valence-electron chi connectivity index (χ3n) is 4.97. The molecule has 3 aromatic carbocycles. The molecule has 0 saturated heterocycles. The van der Waals surface area contributed by atoms with Crippen LogP contribution >= 0.6 is 0 Å². The summed E-state index contributed by atoms with van der Waals surface area (Å²) in [6.07, 6.45) is 1.62. The lowest BCUT2D eigenvalue weighted by Crippen LogP contribution is -2.31. The highest BCUT2D eigenvalue weighted by Crippen LogP contribution is 2.29. The van der Waals surface area contributed by atoms with Crippen molar-refractivity contribution in [1.29, 1.82) is 0 Å². The van der Waals surface area contributed by atoms with Gasteiger partial charge in [-0.1, -0.05) is 54.6 Å². The molecular formula is C25H26N2O4S. The van der Waals surface area contributed by atoms with Gasteiger partial charge >= 0.3 is 0 Å². The van der Waals surface area contributed by atoms with Gasteiger partial charge in [0.05, 0.1) is 7.11 Å². The summed E-state index contributed by atoms with van der Waals surface area (Å²) < 4.78 is 33.3. The minimum Gasteiger partial charge on any atom is -0.495 e. The Morgan fingerprint density at radius 1 is 1.00 bits per heavy atom. The van der Waals surface area contributed by atoms with Gasteiger partial charge in [0.2, 0.25) is 10.0 Å². The molecule has 0 unspecified atom stereocenters. The molecule has 166 valence electrons. The van der Waals surface area contributed by atoms with Crippen LogP contribution < -0.4 is 9.64 Å². The normalized spacial score (nSPS) is 11.2. The van der Waals surface area contributed by atoms with Crippen LogP contribution in [0.3, 0.4) is 0 Å². The third kappa shape index (κ3) is 5.07. The minimum atomic E-state index is -3.92. The first-order valence-corrected chi connectivity index (χ1v) is 11.5. The van der Waals surface area contributed by atoms with Crippen LogP contribution in [0.2, 0.25) is 0 Å². The molecule has 3 aromatic rings. The Morgan fingerprint density at radius 2 is 1.62 bits per heavy atom. The van der Waals surface area contributed by atoms with Crippen LogP contribution in [0.5, 0.6) is 5.75 Å². The van der Waals surface area contributed by atoms with E-state index >= 15 is 0 Å². The van der Waals surface area contributed by atoms with E-state index in [1.165, 1.54) is 30.6 Å². The predicted octanol–water partition coefficient (Wildman–Crippen LogP) is 4.35. The Kier molecular flexibility index (Phi) is 7.45. The van der Waals surface area contributed by atoms with Gasteiger partial charge in [0.15, 0.2) is 0 Å². The first kappa shape index (κ1) is 23.2. The molecule has 0 aliphatic heterocycles. The van der Waals surface area contributed by atoms with Gasteiger partial charge < -0.3 is 9.64 Å². The highest BCUT2D eigenvalue weighted by Gasteiger charge is 2.27. The topological polar surface area (TPSA) is 66.9 Å². The molecule has 0 spiro atoms. The molecule has 0 radical (unpaired) electrons. The Morgan fingerprint density at radius 3 is 2.22 bits per heavy atom. The molecular weight excluding hydrogens is 424 g/mol. The number of para-hydroxylation sites is 1. The summed E-state index contributed by atoms with van der Waals surface area (Å²) in [7, 11) is -1.01. The summed E-state index contributed by atoms with van der Waals surface area (Å²) in [5.74, 6) is -0.155. The molecule has 0 bridgehead atoms. The van der Waals surface area contributed by atoms with Crippen molar-refractivity contribution in [2.45, 2.75) is 11.4 Å². The second-order valence-electron chi connectivity index (χ2n) is 7.15. The highest BCUT2D eigenvalue weighted by molar-refractivity contribution is 7.89. The van der Waals surface area contributed by atoms with Crippen LogP contribution in [0.25, 0.3) is 0 Å². The maximum Gasteiger partial charge on any atom is 0.258 e. The maximum absolute atomic E-state index is 13.4. The van der Waals surface area contributed by atoms with Gasteiger partial charge in [0.25, 0.3) is 5.91 Å². The van der Waals surface area contributed by atoms with Crippen LogP contribution in [0.1, 0.15) is 15.9 Å². The van der Waals surface area contributed by atoms with Crippen molar-refractivity contribution in [3.8, 4) is 5.75 Å². The average Bonchev–Trinajstić information content (AvgIpc) is 2.82. The molecule has 0 atom stereocenters. The molecule has 0 heterocycles. The fourth-order valence-electron chi connectivity index (χ4n) is 3.30. The first-order valence-electron chi connectivity index (χ1n) is 10.0. The molecule has 0 aliphatic rings. The van der Waals surface area contributed by atoms with Crippen LogP contribution in [0, 0.1) is 0 Å². The minimum absolute atomic E-state index is 0.0594. The summed E-state index contributed by atoms with van der Waals surface area (Å²) in [6.45, 7) is 4.21. The van der Waals surface area contributed by atoms with E-state index in [0.29, 0.717) is 5.69 Å². The number of amides is 1. The molecule has 6 nitrogen and oxygen atoms in total. The number of carbonyl (C=O) groups excluding carboxylic acids is 1. The van der Waals surface area contributed by atoms with Crippen molar-refractivity contribution in [2.75, 3.05) is 25.6 Å². The fourth-order valence-corrected chi connectivity index (χ4v) is 4.64. The Labute approximate surface area is 189 Å². The largest absolute Gasteiger partial charge is 0.495 e. The number of carbonyl (C=O) groups is 1. The summed E-state index contributed by atoms with van der Waals surface area (Å²) in [5, 5.41) is 0. The smallest absolute Gasteiger partial charge is 0.258 e. The molecule has 0 aliphatic carbocycles. The van der Waals surface area contributed by atoms with Gasteiger partial charge in [0, 0.05) is 31.4 Å². The number of hydrogen-bond donors (Lipinski definition) is 0. The zero-order valence-corrected chi connectivity index (χ0v) is 19.0. The van der Waals surface area contributed by atoms with E-state index in [1.807, 2.05) is 60.7 Å². The van der Waals surface area contributed by atoms with Crippen molar-refractivity contribution in [3.05, 3.63) is 103 Å². The van der Waals surface area contributed by atoms with E-state index in [9.17, 15) is 13.2 Å². The number of nitrogens with zero attached hydrogens (tertiary/aromatic N) is 2. The second kappa shape index (κ2) is 10.3. The Hall–Kier alpha value is -3.42. The summed E-state index contributed by atoms with van der Waals surface area (Å²) in [4.78, 5) is 14.8. The molecule has 3 rings (SSSR count). The van der Waals surface area contributed by atoms with Gasteiger partial charge in [-0.05, 0) is 35.9 Å². The van der Waals surface area contributed by atoms with Gasteiger partial charge in [-0.2, -0.15) is 4.31 Å². The van der Waals surface area contributed by atoms with Crippen LogP contribution in [0.15, 0.2) is 96.4 Å². The molecule has 1 amide bonds. The third-order valence-corrected chi connectivity index (χ3v) is 6.80. The van der Waals surface area contributed by atoms with E-state index in [2.05, 4.69) is 6.58 Å². The van der Waals surface area contributed by atoms with E-state index in [4.69, 9.17) is 4.74 Å². The molecule has 0 fully saturated rings. The molecule has 7 heteroatoms. The lowest BCUT2D eigenvalue weighted by atomic mass is 10.1. The molecule has 0 aromatic heterocycles. The first-order chi connectivity index (χ1) is 15.4. The monoisotopic (exact) mass is 450 g/mol. The zero-order chi connectivity index (χ0) is 23.1. The van der Waals surface area contributed by atoms with E-state index in [1.54, 1.807) is 17.0 Å². The zero-order valence-electron chi connectivity index (χ0n) is 18.1. The summed E-state index contributed by atoms with van der Waals surface area (Å²) >= 11 is 0. The molecule has 0 saturated carbocycles. The number of methoxy groups -OCH3 is 1. The Bertz CT molecular complexity index is 1180. The lowest BCUT2D eigenvalue weighted by Gasteiger charge is -2.23. The van der Waals surface area contributed by atoms with Crippen molar-refractivity contribution in [3.63, 3.8) is 0 Å². The lowest BCUT2D eigenvalue weighted by molar-refractivity contribution is 0.0989. The second-order valence-corrected chi connectivity index (χ2v) is 9.17. The van der Waals surface area contributed by atoms with Crippen LogP contribution in [0.4, 0.5) is 5.69 Å². The fraction of sp³-hybridized carbons (Fsp3) is 0.160. The number of anilines is 1. The number of ether oxygens (including phenoxy) is 1. The average molecular weight is 451 g/mol. The van der Waals surface area contributed by atoms with E-state index in [-0.39, 0.29) is 35.2 Å². The quantitative estimate of drug-likeness (QED) is 0.455. The van der Waals surface area contributed by atoms with Gasteiger partial charge in [-0.25, -0.2) is 8.42 Å². The van der Waals surface area contributed by atoms with Crippen LogP contribution in [-0.2, 0) is 16.6 Å². The van der Waals surface area contributed by atoms with Gasteiger partial charge in [-0.3, -0.25) is 4.79 Å². The number of hydrogen-bond acceptors (Lipinski definition) is 4. The summed E-state index contributed by atoms with van der Waals surface area (Å²) in [6, 6.07) is 22.9. The standard InChI is InChI=1S/C25H26N2O4S/c1-4-17-27(22-13-9-6-10-14-22)25(28)21-15-16-23(31-3)24(18-21)32(29,30)26(2)19-20-11-7-5-8-12-20/h4-16,18H,1,17,19H2,2-3H3. The predicted molar refractivity (Wildman–Crippen MR) is 126 cm³/mol. The van der Waals surface area contributed by atoms with Crippen molar-refractivity contribution in [2.24, 2.45) is 0 Å².